The molecule has 0 radical (unpaired) electrons. The molecule has 2 N–H and O–H groups in total. The molecule has 4 heterocycles. The molecule has 0 aliphatic carbocycles. The Kier molecular flexibility index (Phi) is 7.23. The van der Waals surface area contributed by atoms with E-state index in [1.165, 1.54) is 36.8 Å². The lowest BCUT2D eigenvalue weighted by atomic mass is 9.70. The summed E-state index contributed by atoms with van der Waals surface area (Å²) >= 11 is 6.20. The number of aromatic nitrogens is 2. The Balaban J connectivity index is 1.07. The molecule has 3 fully saturated rings. The maximum absolute atomic E-state index is 13.4. The summed E-state index contributed by atoms with van der Waals surface area (Å²) in [7, 11) is 0. The van der Waals surface area contributed by atoms with Crippen LogP contribution in [0.1, 0.15) is 72.7 Å². The normalized spacial score (nSPS) is 23.9. The summed E-state index contributed by atoms with van der Waals surface area (Å²) < 4.78 is 2.52. The summed E-state index contributed by atoms with van der Waals surface area (Å²) in [6.07, 6.45) is 7.98. The first-order valence-corrected chi connectivity index (χ1v) is 15.9. The van der Waals surface area contributed by atoms with E-state index in [1.54, 1.807) is 18.2 Å². The van der Waals surface area contributed by atoms with Crippen molar-refractivity contribution in [3.05, 3.63) is 94.8 Å². The van der Waals surface area contributed by atoms with Crippen LogP contribution in [0, 0.1) is 6.92 Å². The second-order valence-corrected chi connectivity index (χ2v) is 13.1. The van der Waals surface area contributed by atoms with Gasteiger partial charge < -0.3 is 15.2 Å². The molecule has 3 aliphatic heterocycles. The Morgan fingerprint density at radius 3 is 2.38 bits per heavy atom. The Morgan fingerprint density at radius 1 is 0.952 bits per heavy atom. The van der Waals surface area contributed by atoms with Gasteiger partial charge in [0.1, 0.15) is 5.82 Å². The third-order valence-corrected chi connectivity index (χ3v) is 10.7. The van der Waals surface area contributed by atoms with Crippen molar-refractivity contribution in [1.29, 1.82) is 0 Å². The Hall–Kier alpha value is -3.35. The fourth-order valence-electron chi connectivity index (χ4n) is 8.29. The molecule has 3 aromatic carbocycles. The molecule has 2 atom stereocenters. The van der Waals surface area contributed by atoms with E-state index in [0.717, 1.165) is 50.2 Å². The molecule has 7 heteroatoms. The quantitative estimate of drug-likeness (QED) is 0.249. The van der Waals surface area contributed by atoms with E-state index in [2.05, 4.69) is 71.0 Å². The number of amides is 1. The Morgan fingerprint density at radius 2 is 1.64 bits per heavy atom. The minimum atomic E-state index is -0.0147. The van der Waals surface area contributed by atoms with Gasteiger partial charge in [0, 0.05) is 41.9 Å². The number of fused-ring (bicyclic) bond motifs is 3. The number of imidazole rings is 1. The van der Waals surface area contributed by atoms with Gasteiger partial charge in [-0.15, -0.1) is 0 Å². The van der Waals surface area contributed by atoms with Gasteiger partial charge in [-0.05, 0) is 99.7 Å². The second-order valence-electron chi connectivity index (χ2n) is 12.7. The molecule has 1 aromatic heterocycles. The molecule has 6 nitrogen and oxygen atoms in total. The lowest BCUT2D eigenvalue weighted by Crippen LogP contribution is -2.49. The molecule has 218 valence electrons. The van der Waals surface area contributed by atoms with Gasteiger partial charge in [0.25, 0.3) is 5.91 Å². The first-order valence-electron chi connectivity index (χ1n) is 15.5. The summed E-state index contributed by atoms with van der Waals surface area (Å²) in [6, 6.07) is 26.5. The van der Waals surface area contributed by atoms with Crippen LogP contribution in [-0.4, -0.2) is 57.0 Å². The third-order valence-electron chi connectivity index (χ3n) is 10.5. The predicted molar refractivity (Wildman–Crippen MR) is 170 cm³/mol. The van der Waals surface area contributed by atoms with Crippen molar-refractivity contribution in [2.24, 2.45) is 0 Å². The van der Waals surface area contributed by atoms with Crippen molar-refractivity contribution in [1.82, 2.24) is 19.4 Å². The number of anilines is 1. The monoisotopic (exact) mass is 581 g/mol. The molecule has 4 aromatic rings. The van der Waals surface area contributed by atoms with Gasteiger partial charge in [-0.25, -0.2) is 4.98 Å². The van der Waals surface area contributed by atoms with E-state index in [0.29, 0.717) is 34.4 Å². The van der Waals surface area contributed by atoms with Crippen LogP contribution in [0.5, 0.6) is 0 Å². The van der Waals surface area contributed by atoms with E-state index >= 15 is 0 Å². The highest BCUT2D eigenvalue weighted by Crippen LogP contribution is 2.45. The van der Waals surface area contributed by atoms with Crippen molar-refractivity contribution in [3.8, 4) is 0 Å². The van der Waals surface area contributed by atoms with Crippen LogP contribution in [0.25, 0.3) is 11.0 Å². The van der Waals surface area contributed by atoms with E-state index in [9.17, 15) is 4.79 Å². The molecule has 3 saturated heterocycles. The van der Waals surface area contributed by atoms with Crippen LogP contribution in [-0.2, 0) is 5.41 Å². The summed E-state index contributed by atoms with van der Waals surface area (Å²) in [5.74, 6) is 1.12. The summed E-state index contributed by atoms with van der Waals surface area (Å²) in [5.41, 5.74) is 11.0. The van der Waals surface area contributed by atoms with Crippen LogP contribution in [0.15, 0.2) is 72.8 Å². The molecule has 7 rings (SSSR count). The van der Waals surface area contributed by atoms with Crippen molar-refractivity contribution < 1.29 is 4.79 Å². The first kappa shape index (κ1) is 27.5. The number of benzene rings is 3. The number of hydrogen-bond acceptors (Lipinski definition) is 4. The Bertz CT molecular complexity index is 1580. The number of carbonyl (C=O) groups excluding carboxylic acids is 1. The number of hydrogen-bond donors (Lipinski definition) is 1. The molecule has 0 spiro atoms. The molecule has 0 saturated carbocycles. The van der Waals surface area contributed by atoms with Gasteiger partial charge in [-0.3, -0.25) is 9.69 Å². The molecule has 1 amide bonds. The lowest BCUT2D eigenvalue weighted by molar-refractivity contribution is 0.0608. The third kappa shape index (κ3) is 4.88. The topological polar surface area (TPSA) is 67.4 Å². The molecule has 2 unspecified atom stereocenters. The lowest BCUT2D eigenvalue weighted by Gasteiger charge is -2.45. The number of para-hydroxylation sites is 2. The van der Waals surface area contributed by atoms with Gasteiger partial charge >= 0.3 is 0 Å². The number of likely N-dealkylation sites (tertiary alicyclic amines) is 1. The maximum Gasteiger partial charge on any atom is 0.255 e. The zero-order chi connectivity index (χ0) is 28.8. The standard InChI is InChI=1S/C35H40ClN5O/c1-24-38-32-9-5-6-10-33(32)41(24)29-22-27-12-13-28(23-29)40(27)20-17-35(25-7-3-2-4-8-25)15-18-39(19-16-35)34(42)30-21-26(36)11-14-31(30)37/h2-11,14,21,27-29H,12-13,15-20,22-23,37H2,1H3. The number of nitrogen functional groups attached to an aromatic ring is 1. The number of piperidine rings is 2. The summed E-state index contributed by atoms with van der Waals surface area (Å²) in [4.78, 5) is 23.1. The van der Waals surface area contributed by atoms with Crippen LogP contribution in [0.2, 0.25) is 5.02 Å². The molecule has 42 heavy (non-hydrogen) atoms. The Labute approximate surface area is 253 Å². The SMILES string of the molecule is Cc1nc2ccccc2n1C1CC2CCC(C1)N2CCC1(c2ccccc2)CCN(C(=O)c2cc(Cl)ccc2N)CC1. The second kappa shape index (κ2) is 11.1. The van der Waals surface area contributed by atoms with E-state index < -0.39 is 0 Å². The van der Waals surface area contributed by atoms with Crippen molar-refractivity contribution in [2.45, 2.75) is 75.4 Å². The molecular weight excluding hydrogens is 542 g/mol. The number of halogens is 1. The summed E-state index contributed by atoms with van der Waals surface area (Å²) in [6.45, 7) is 4.72. The average Bonchev–Trinajstić information content (AvgIpc) is 3.48. The highest BCUT2D eigenvalue weighted by atomic mass is 35.5. The number of nitrogens with two attached hydrogens (primary N) is 1. The number of carbonyl (C=O) groups is 1. The number of aryl methyl sites for hydroxylation is 1. The number of nitrogens with zero attached hydrogens (tertiary/aromatic N) is 4. The fraction of sp³-hybridized carbons (Fsp3) is 0.429. The fourth-order valence-corrected chi connectivity index (χ4v) is 8.46. The van der Waals surface area contributed by atoms with E-state index in [-0.39, 0.29) is 11.3 Å². The van der Waals surface area contributed by atoms with Gasteiger partial charge in [0.05, 0.1) is 16.6 Å². The van der Waals surface area contributed by atoms with E-state index in [4.69, 9.17) is 22.3 Å². The van der Waals surface area contributed by atoms with Crippen LogP contribution >= 0.6 is 11.6 Å². The highest BCUT2D eigenvalue weighted by Gasteiger charge is 2.44. The maximum atomic E-state index is 13.4. The largest absolute Gasteiger partial charge is 0.398 e. The van der Waals surface area contributed by atoms with E-state index in [1.807, 2.05) is 4.90 Å². The van der Waals surface area contributed by atoms with Crippen molar-refractivity contribution in [3.63, 3.8) is 0 Å². The van der Waals surface area contributed by atoms with Gasteiger partial charge in [0.15, 0.2) is 0 Å². The van der Waals surface area contributed by atoms with Crippen LogP contribution < -0.4 is 5.73 Å². The minimum Gasteiger partial charge on any atom is -0.398 e. The van der Waals surface area contributed by atoms with Crippen molar-refractivity contribution >= 4 is 34.2 Å². The zero-order valence-corrected chi connectivity index (χ0v) is 25.1. The molecular formula is C35H40ClN5O. The molecule has 2 bridgehead atoms. The van der Waals surface area contributed by atoms with Gasteiger partial charge in [-0.1, -0.05) is 54.1 Å². The van der Waals surface area contributed by atoms with Crippen LogP contribution in [0.4, 0.5) is 5.69 Å². The molecule has 3 aliphatic rings. The van der Waals surface area contributed by atoms with Gasteiger partial charge in [-0.2, -0.15) is 0 Å². The smallest absolute Gasteiger partial charge is 0.255 e. The predicted octanol–water partition coefficient (Wildman–Crippen LogP) is 7.01. The average molecular weight is 582 g/mol. The first-order chi connectivity index (χ1) is 20.4. The summed E-state index contributed by atoms with van der Waals surface area (Å²) in [5, 5.41) is 0.540. The van der Waals surface area contributed by atoms with Crippen LogP contribution in [0.3, 0.4) is 0 Å². The highest BCUT2D eigenvalue weighted by molar-refractivity contribution is 6.31. The number of rotatable bonds is 6. The van der Waals surface area contributed by atoms with Crippen molar-refractivity contribution in [2.75, 3.05) is 25.4 Å². The van der Waals surface area contributed by atoms with Gasteiger partial charge in [0.2, 0.25) is 0 Å². The zero-order valence-electron chi connectivity index (χ0n) is 24.4. The minimum absolute atomic E-state index is 0.0147.